The Hall–Kier alpha value is -1.75. The van der Waals surface area contributed by atoms with Gasteiger partial charge in [-0.25, -0.2) is 4.98 Å². The third kappa shape index (κ3) is 1.49. The van der Waals surface area contributed by atoms with E-state index < -0.39 is 4.92 Å². The normalized spacial score (nSPS) is 10.0. The van der Waals surface area contributed by atoms with Crippen LogP contribution in [0.1, 0.15) is 0 Å². The molecule has 2 rings (SSSR count). The fourth-order valence-electron chi connectivity index (χ4n) is 1.19. The van der Waals surface area contributed by atoms with Crippen LogP contribution in [0.5, 0.6) is 0 Å². The molecule has 1 aromatic carbocycles. The van der Waals surface area contributed by atoms with Gasteiger partial charge in [0.15, 0.2) is 0 Å². The van der Waals surface area contributed by atoms with E-state index in [4.69, 9.17) is 0 Å². The van der Waals surface area contributed by atoms with Gasteiger partial charge in [-0.3, -0.25) is 10.1 Å². The first kappa shape index (κ1) is 8.83. The second-order valence-electron chi connectivity index (χ2n) is 2.65. The highest BCUT2D eigenvalue weighted by Crippen LogP contribution is 2.28. The molecular weight excluding hydrogens is 200 g/mol. The first-order chi connectivity index (χ1) is 6.79. The second-order valence-corrected chi connectivity index (χ2v) is 3.37. The van der Waals surface area contributed by atoms with Crippen molar-refractivity contribution in [1.29, 1.82) is 0 Å². The number of nitro benzene ring substituents is 1. The summed E-state index contributed by atoms with van der Waals surface area (Å²) in [5, 5.41) is 12.5. The number of thiazole rings is 1. The molecule has 14 heavy (non-hydrogen) atoms. The van der Waals surface area contributed by atoms with E-state index in [1.165, 1.54) is 17.4 Å². The van der Waals surface area contributed by atoms with Gasteiger partial charge in [-0.1, -0.05) is 12.1 Å². The van der Waals surface area contributed by atoms with Crippen molar-refractivity contribution in [2.75, 3.05) is 0 Å². The minimum Gasteiger partial charge on any atom is -0.258 e. The summed E-state index contributed by atoms with van der Waals surface area (Å²) < 4.78 is 0. The molecule has 0 bridgehead atoms. The second kappa shape index (κ2) is 3.55. The van der Waals surface area contributed by atoms with Gasteiger partial charge in [0.1, 0.15) is 0 Å². The van der Waals surface area contributed by atoms with E-state index in [0.29, 0.717) is 11.3 Å². The highest BCUT2D eigenvalue weighted by molar-refractivity contribution is 7.07. The van der Waals surface area contributed by atoms with Gasteiger partial charge in [0, 0.05) is 11.4 Å². The Kier molecular flexibility index (Phi) is 2.24. The molecule has 0 unspecified atom stereocenters. The number of hydrogen-bond donors (Lipinski definition) is 0. The van der Waals surface area contributed by atoms with Gasteiger partial charge in [0.05, 0.1) is 21.7 Å². The van der Waals surface area contributed by atoms with Crippen LogP contribution >= 0.6 is 11.3 Å². The lowest BCUT2D eigenvalue weighted by atomic mass is 10.1. The smallest absolute Gasteiger partial charge is 0.258 e. The predicted octanol–water partition coefficient (Wildman–Crippen LogP) is 2.72. The van der Waals surface area contributed by atoms with E-state index in [1.54, 1.807) is 29.1 Å². The minimum atomic E-state index is -0.394. The van der Waals surface area contributed by atoms with Crippen molar-refractivity contribution in [2.45, 2.75) is 0 Å². The zero-order valence-corrected chi connectivity index (χ0v) is 7.90. The lowest BCUT2D eigenvalue weighted by Gasteiger charge is -1.97. The highest BCUT2D eigenvalue weighted by atomic mass is 32.1. The lowest BCUT2D eigenvalue weighted by molar-refractivity contribution is -0.384. The van der Waals surface area contributed by atoms with E-state index in [-0.39, 0.29) is 5.69 Å². The molecule has 1 aromatic heterocycles. The van der Waals surface area contributed by atoms with E-state index in [1.807, 2.05) is 0 Å². The number of benzene rings is 1. The number of hydrogen-bond acceptors (Lipinski definition) is 4. The van der Waals surface area contributed by atoms with Crippen LogP contribution in [-0.4, -0.2) is 9.91 Å². The molecule has 0 spiro atoms. The van der Waals surface area contributed by atoms with Crippen molar-refractivity contribution in [3.05, 3.63) is 45.3 Å². The lowest BCUT2D eigenvalue weighted by Crippen LogP contribution is -1.91. The summed E-state index contributed by atoms with van der Waals surface area (Å²) in [7, 11) is 0. The topological polar surface area (TPSA) is 56.0 Å². The molecule has 0 saturated heterocycles. The molecule has 1 heterocycles. The number of para-hydroxylation sites is 1. The van der Waals surface area contributed by atoms with E-state index in [0.717, 1.165) is 0 Å². The Morgan fingerprint density at radius 3 is 2.79 bits per heavy atom. The molecule has 70 valence electrons. The minimum absolute atomic E-state index is 0.0957. The van der Waals surface area contributed by atoms with Crippen molar-refractivity contribution in [3.8, 4) is 11.3 Å². The summed E-state index contributed by atoms with van der Waals surface area (Å²) in [5.41, 5.74) is 2.98. The van der Waals surface area contributed by atoms with Crippen molar-refractivity contribution in [3.63, 3.8) is 0 Å². The average Bonchev–Trinajstić information content (AvgIpc) is 2.70. The largest absolute Gasteiger partial charge is 0.278 e. The number of nitrogens with zero attached hydrogens (tertiary/aromatic N) is 2. The van der Waals surface area contributed by atoms with Crippen LogP contribution in [0.2, 0.25) is 0 Å². The zero-order chi connectivity index (χ0) is 9.97. The van der Waals surface area contributed by atoms with Gasteiger partial charge < -0.3 is 0 Å². The van der Waals surface area contributed by atoms with E-state index >= 15 is 0 Å². The highest BCUT2D eigenvalue weighted by Gasteiger charge is 2.14. The molecular formula is C9H6N2O2S. The van der Waals surface area contributed by atoms with Crippen molar-refractivity contribution in [2.24, 2.45) is 0 Å². The quantitative estimate of drug-likeness (QED) is 0.560. The van der Waals surface area contributed by atoms with E-state index in [9.17, 15) is 10.1 Å². The predicted molar refractivity (Wildman–Crippen MR) is 54.2 cm³/mol. The Labute approximate surface area is 84.0 Å². The van der Waals surface area contributed by atoms with Crippen molar-refractivity contribution >= 4 is 17.0 Å². The molecule has 0 N–H and O–H groups in total. The SMILES string of the molecule is O=[N+]([O-])c1ccccc1-c1cscn1. The van der Waals surface area contributed by atoms with Gasteiger partial charge in [-0.05, 0) is 6.07 Å². The Balaban J connectivity index is 2.58. The number of nitro groups is 1. The van der Waals surface area contributed by atoms with Crippen LogP contribution < -0.4 is 0 Å². The standard InChI is InChI=1S/C9H6N2O2S/c12-11(13)9-4-2-1-3-7(9)8-5-14-6-10-8/h1-6H. The average molecular weight is 206 g/mol. The first-order valence-corrected chi connectivity index (χ1v) is 4.85. The maximum Gasteiger partial charge on any atom is 0.278 e. The molecule has 0 aliphatic carbocycles. The summed E-state index contributed by atoms with van der Waals surface area (Å²) in [5.74, 6) is 0. The maximum atomic E-state index is 10.7. The third-order valence-corrected chi connectivity index (χ3v) is 2.40. The summed E-state index contributed by atoms with van der Waals surface area (Å²) in [6.07, 6.45) is 0. The summed E-state index contributed by atoms with van der Waals surface area (Å²) in [6.45, 7) is 0. The molecule has 0 atom stereocenters. The van der Waals surface area contributed by atoms with Gasteiger partial charge in [0.2, 0.25) is 0 Å². The van der Waals surface area contributed by atoms with Crippen molar-refractivity contribution < 1.29 is 4.92 Å². The molecule has 0 amide bonds. The van der Waals surface area contributed by atoms with E-state index in [2.05, 4.69) is 4.98 Å². The summed E-state index contributed by atoms with van der Waals surface area (Å²) in [4.78, 5) is 14.3. The Morgan fingerprint density at radius 2 is 2.14 bits per heavy atom. The van der Waals surface area contributed by atoms with Crippen LogP contribution in [0, 0.1) is 10.1 Å². The summed E-state index contributed by atoms with van der Waals surface area (Å²) in [6, 6.07) is 6.59. The molecule has 0 aliphatic rings. The number of rotatable bonds is 2. The Bertz CT molecular complexity index is 454. The molecule has 2 aromatic rings. The Morgan fingerprint density at radius 1 is 1.36 bits per heavy atom. The van der Waals surface area contributed by atoms with Gasteiger partial charge in [0.25, 0.3) is 5.69 Å². The first-order valence-electron chi connectivity index (χ1n) is 3.91. The fourth-order valence-corrected chi connectivity index (χ4v) is 1.75. The molecule has 4 nitrogen and oxygen atoms in total. The van der Waals surface area contributed by atoms with Gasteiger partial charge >= 0.3 is 0 Å². The van der Waals surface area contributed by atoms with Crippen LogP contribution in [0.3, 0.4) is 0 Å². The zero-order valence-electron chi connectivity index (χ0n) is 7.08. The van der Waals surface area contributed by atoms with Crippen LogP contribution in [0.25, 0.3) is 11.3 Å². The van der Waals surface area contributed by atoms with Gasteiger partial charge in [-0.15, -0.1) is 11.3 Å². The molecule has 0 fully saturated rings. The maximum absolute atomic E-state index is 10.7. The monoisotopic (exact) mass is 206 g/mol. The number of aromatic nitrogens is 1. The molecule has 0 saturated carbocycles. The molecule has 5 heteroatoms. The van der Waals surface area contributed by atoms with Gasteiger partial charge in [-0.2, -0.15) is 0 Å². The fraction of sp³-hybridized carbons (Fsp3) is 0. The molecule has 0 radical (unpaired) electrons. The van der Waals surface area contributed by atoms with Crippen LogP contribution in [-0.2, 0) is 0 Å². The van der Waals surface area contributed by atoms with Crippen molar-refractivity contribution in [1.82, 2.24) is 4.98 Å². The van der Waals surface area contributed by atoms with Crippen LogP contribution in [0.15, 0.2) is 35.2 Å². The molecule has 0 aliphatic heterocycles. The van der Waals surface area contributed by atoms with Crippen LogP contribution in [0.4, 0.5) is 5.69 Å². The third-order valence-electron chi connectivity index (χ3n) is 1.81. The summed E-state index contributed by atoms with van der Waals surface area (Å²) >= 11 is 1.42.